The molecular formula is C11H14N2O4S. The van der Waals surface area contributed by atoms with Crippen LogP contribution in [0, 0.1) is 10.1 Å². The zero-order chi connectivity index (χ0) is 13.7. The first-order valence-electron chi connectivity index (χ1n) is 5.17. The van der Waals surface area contributed by atoms with Crippen LogP contribution in [0.1, 0.15) is 5.56 Å². The molecule has 98 valence electrons. The Morgan fingerprint density at radius 1 is 1.50 bits per heavy atom. The highest BCUT2D eigenvalue weighted by Crippen LogP contribution is 2.30. The molecule has 0 unspecified atom stereocenters. The molecule has 1 aromatic rings. The van der Waals surface area contributed by atoms with Crippen LogP contribution in [-0.4, -0.2) is 40.7 Å². The molecule has 0 aliphatic rings. The van der Waals surface area contributed by atoms with E-state index in [0.717, 1.165) is 11.8 Å². The van der Waals surface area contributed by atoms with Crippen molar-refractivity contribution in [3.05, 3.63) is 33.9 Å². The summed E-state index contributed by atoms with van der Waals surface area (Å²) in [5.41, 5.74) is 0.392. The topological polar surface area (TPSA) is 83.7 Å². The minimum Gasteiger partial charge on any atom is -0.392 e. The molecule has 0 atom stereocenters. The Bertz CT molecular complexity index is 462. The van der Waals surface area contributed by atoms with Crippen LogP contribution in [0.4, 0.5) is 5.69 Å². The van der Waals surface area contributed by atoms with Crippen molar-refractivity contribution in [1.29, 1.82) is 0 Å². The van der Waals surface area contributed by atoms with Gasteiger partial charge in [0.15, 0.2) is 0 Å². The number of hydrogen-bond donors (Lipinski definition) is 1. The molecular weight excluding hydrogens is 256 g/mol. The SMILES string of the molecule is CN(C)C(=O)CSc1ccc(CO)cc1[N+](=O)[O-]. The van der Waals surface area contributed by atoms with Gasteiger partial charge in [-0.1, -0.05) is 6.07 Å². The van der Waals surface area contributed by atoms with E-state index in [2.05, 4.69) is 0 Å². The Morgan fingerprint density at radius 2 is 2.17 bits per heavy atom. The van der Waals surface area contributed by atoms with Gasteiger partial charge in [0, 0.05) is 20.2 Å². The van der Waals surface area contributed by atoms with Crippen LogP contribution < -0.4 is 0 Å². The number of carbonyl (C=O) groups is 1. The Kier molecular flexibility index (Phi) is 5.11. The number of hydrogen-bond acceptors (Lipinski definition) is 5. The molecule has 1 aromatic carbocycles. The number of amides is 1. The zero-order valence-electron chi connectivity index (χ0n) is 10.1. The van der Waals surface area contributed by atoms with Crippen LogP contribution in [0.2, 0.25) is 0 Å². The number of nitrogens with zero attached hydrogens (tertiary/aromatic N) is 2. The van der Waals surface area contributed by atoms with Gasteiger partial charge in [-0.05, 0) is 11.6 Å². The number of rotatable bonds is 5. The standard InChI is InChI=1S/C11H14N2O4S/c1-12(2)11(15)7-18-10-4-3-8(6-14)5-9(10)13(16)17/h3-5,14H,6-7H2,1-2H3. The van der Waals surface area contributed by atoms with E-state index in [4.69, 9.17) is 5.11 Å². The molecule has 0 aliphatic carbocycles. The third-order valence-electron chi connectivity index (χ3n) is 2.25. The van der Waals surface area contributed by atoms with E-state index in [1.165, 1.54) is 11.0 Å². The van der Waals surface area contributed by atoms with Crippen LogP contribution >= 0.6 is 11.8 Å². The van der Waals surface area contributed by atoms with E-state index < -0.39 is 4.92 Å². The lowest BCUT2D eigenvalue weighted by atomic mass is 10.2. The third kappa shape index (κ3) is 3.71. The third-order valence-corrected chi connectivity index (χ3v) is 3.30. The summed E-state index contributed by atoms with van der Waals surface area (Å²) < 4.78 is 0. The smallest absolute Gasteiger partial charge is 0.283 e. The van der Waals surface area contributed by atoms with Gasteiger partial charge in [0.1, 0.15) is 0 Å². The summed E-state index contributed by atoms with van der Waals surface area (Å²) in [6.07, 6.45) is 0. The summed E-state index contributed by atoms with van der Waals surface area (Å²) in [4.78, 5) is 23.6. The van der Waals surface area contributed by atoms with E-state index in [1.807, 2.05) is 0 Å². The van der Waals surface area contributed by atoms with Crippen molar-refractivity contribution in [2.24, 2.45) is 0 Å². The minimum atomic E-state index is -0.512. The van der Waals surface area contributed by atoms with Crippen molar-refractivity contribution in [3.8, 4) is 0 Å². The molecule has 0 saturated carbocycles. The van der Waals surface area contributed by atoms with Crippen LogP contribution in [-0.2, 0) is 11.4 Å². The van der Waals surface area contributed by atoms with E-state index in [0.29, 0.717) is 10.5 Å². The first-order valence-corrected chi connectivity index (χ1v) is 6.15. The second kappa shape index (κ2) is 6.36. The molecule has 0 radical (unpaired) electrons. The molecule has 0 fully saturated rings. The van der Waals surface area contributed by atoms with Gasteiger partial charge in [0.25, 0.3) is 5.69 Å². The molecule has 1 amide bonds. The number of aliphatic hydroxyl groups is 1. The van der Waals surface area contributed by atoms with Gasteiger partial charge in [0.2, 0.25) is 5.91 Å². The van der Waals surface area contributed by atoms with Gasteiger partial charge in [-0.25, -0.2) is 0 Å². The molecule has 0 saturated heterocycles. The number of nitro groups is 1. The number of aliphatic hydroxyl groups excluding tert-OH is 1. The summed E-state index contributed by atoms with van der Waals surface area (Å²) >= 11 is 1.12. The molecule has 7 heteroatoms. The number of benzene rings is 1. The maximum absolute atomic E-state index is 11.4. The summed E-state index contributed by atoms with van der Waals surface area (Å²) in [7, 11) is 3.26. The van der Waals surface area contributed by atoms with E-state index in [9.17, 15) is 14.9 Å². The highest BCUT2D eigenvalue weighted by molar-refractivity contribution is 8.00. The molecule has 1 N–H and O–H groups in total. The maximum Gasteiger partial charge on any atom is 0.283 e. The van der Waals surface area contributed by atoms with Crippen molar-refractivity contribution < 1.29 is 14.8 Å². The Balaban J connectivity index is 2.88. The van der Waals surface area contributed by atoms with Crippen molar-refractivity contribution in [2.45, 2.75) is 11.5 Å². The highest BCUT2D eigenvalue weighted by Gasteiger charge is 2.16. The fourth-order valence-corrected chi connectivity index (χ4v) is 2.18. The van der Waals surface area contributed by atoms with E-state index in [-0.39, 0.29) is 24.0 Å². The van der Waals surface area contributed by atoms with Gasteiger partial charge >= 0.3 is 0 Å². The first-order chi connectivity index (χ1) is 8.45. The van der Waals surface area contributed by atoms with Crippen LogP contribution in [0.15, 0.2) is 23.1 Å². The van der Waals surface area contributed by atoms with Crippen molar-refractivity contribution in [2.75, 3.05) is 19.8 Å². The Labute approximate surface area is 109 Å². The fourth-order valence-electron chi connectivity index (χ4n) is 1.19. The highest BCUT2D eigenvalue weighted by atomic mass is 32.2. The fraction of sp³-hybridized carbons (Fsp3) is 0.364. The number of thioether (sulfide) groups is 1. The normalized spacial score (nSPS) is 10.2. The lowest BCUT2D eigenvalue weighted by Crippen LogP contribution is -2.23. The maximum atomic E-state index is 11.4. The van der Waals surface area contributed by atoms with Gasteiger partial charge in [0.05, 0.1) is 22.2 Å². The summed E-state index contributed by atoms with van der Waals surface area (Å²) in [5, 5.41) is 19.8. The molecule has 6 nitrogen and oxygen atoms in total. The van der Waals surface area contributed by atoms with Crippen molar-refractivity contribution in [1.82, 2.24) is 4.90 Å². The number of carbonyl (C=O) groups excluding carboxylic acids is 1. The molecule has 0 spiro atoms. The molecule has 18 heavy (non-hydrogen) atoms. The van der Waals surface area contributed by atoms with Gasteiger partial charge in [-0.15, -0.1) is 11.8 Å². The van der Waals surface area contributed by atoms with E-state index >= 15 is 0 Å². The second-order valence-corrected chi connectivity index (χ2v) is 4.81. The zero-order valence-corrected chi connectivity index (χ0v) is 10.9. The average Bonchev–Trinajstić information content (AvgIpc) is 2.35. The summed E-state index contributed by atoms with van der Waals surface area (Å²) in [6.45, 7) is -0.248. The molecule has 0 aromatic heterocycles. The minimum absolute atomic E-state index is 0.0851. The van der Waals surface area contributed by atoms with E-state index in [1.54, 1.807) is 26.2 Å². The van der Waals surface area contributed by atoms with Crippen molar-refractivity contribution in [3.63, 3.8) is 0 Å². The van der Waals surface area contributed by atoms with Gasteiger partial charge in [-0.2, -0.15) is 0 Å². The van der Waals surface area contributed by atoms with Gasteiger partial charge in [-0.3, -0.25) is 14.9 Å². The lowest BCUT2D eigenvalue weighted by Gasteiger charge is -2.09. The molecule has 0 aliphatic heterocycles. The molecule has 0 heterocycles. The monoisotopic (exact) mass is 270 g/mol. The Morgan fingerprint density at radius 3 is 2.67 bits per heavy atom. The Hall–Kier alpha value is -1.60. The molecule has 0 bridgehead atoms. The van der Waals surface area contributed by atoms with Crippen molar-refractivity contribution >= 4 is 23.4 Å². The quantitative estimate of drug-likeness (QED) is 0.495. The van der Waals surface area contributed by atoms with Crippen LogP contribution in [0.25, 0.3) is 0 Å². The molecule has 1 rings (SSSR count). The lowest BCUT2D eigenvalue weighted by molar-refractivity contribution is -0.387. The van der Waals surface area contributed by atoms with Crippen LogP contribution in [0.5, 0.6) is 0 Å². The predicted octanol–water partition coefficient (Wildman–Crippen LogP) is 1.27. The average molecular weight is 270 g/mol. The summed E-state index contributed by atoms with van der Waals surface area (Å²) in [6, 6.07) is 4.48. The second-order valence-electron chi connectivity index (χ2n) is 3.79. The first kappa shape index (κ1) is 14.5. The largest absolute Gasteiger partial charge is 0.392 e. The number of nitro benzene ring substituents is 1. The summed E-state index contributed by atoms with van der Waals surface area (Å²) in [5.74, 6) is 0.0345. The predicted molar refractivity (Wildman–Crippen MR) is 68.4 cm³/mol. The van der Waals surface area contributed by atoms with Crippen LogP contribution in [0.3, 0.4) is 0 Å². The van der Waals surface area contributed by atoms with Gasteiger partial charge < -0.3 is 10.0 Å².